The van der Waals surface area contributed by atoms with Gasteiger partial charge < -0.3 is 9.05 Å². The van der Waals surface area contributed by atoms with Crippen molar-refractivity contribution in [3.8, 4) is 0 Å². The molecule has 3 nitrogen and oxygen atoms in total. The molecule has 0 aliphatic carbocycles. The maximum absolute atomic E-state index is 12.3. The van der Waals surface area contributed by atoms with Gasteiger partial charge in [0.1, 0.15) is 0 Å². The van der Waals surface area contributed by atoms with E-state index in [2.05, 4.69) is 6.92 Å². The lowest BCUT2D eigenvalue weighted by molar-refractivity contribution is 0.149. The van der Waals surface area contributed by atoms with Gasteiger partial charge in [-0.15, -0.1) is 0 Å². The first-order valence-corrected chi connectivity index (χ1v) is 8.15. The van der Waals surface area contributed by atoms with Crippen molar-refractivity contribution in [1.82, 2.24) is 0 Å². The molecule has 0 fully saturated rings. The van der Waals surface area contributed by atoms with Gasteiger partial charge in [0.15, 0.2) is 0 Å². The molecule has 0 rings (SSSR count). The first-order valence-electron chi connectivity index (χ1n) is 6.54. The molecule has 0 amide bonds. The van der Waals surface area contributed by atoms with E-state index >= 15 is 0 Å². The van der Waals surface area contributed by atoms with Gasteiger partial charge in [-0.05, 0) is 40.5 Å². The van der Waals surface area contributed by atoms with E-state index in [0.29, 0.717) is 0 Å². The van der Waals surface area contributed by atoms with E-state index in [1.807, 2.05) is 33.8 Å². The Hall–Kier alpha value is -0.110. The molecule has 0 aromatic rings. The molecule has 0 radical (unpaired) electrons. The van der Waals surface area contributed by atoms with Gasteiger partial charge in [-0.25, -0.2) is 0 Å². The fourth-order valence-corrected chi connectivity index (χ4v) is 3.17. The molecule has 0 unspecified atom stereocenters. The lowest BCUT2D eigenvalue weighted by atomic mass is 10.2. The van der Waals surface area contributed by atoms with Crippen molar-refractivity contribution in [3.05, 3.63) is 11.9 Å². The zero-order valence-corrected chi connectivity index (χ0v) is 12.7. The minimum Gasteiger partial charge on any atom is -0.303 e. The molecular weight excluding hydrogens is 235 g/mol. The largest absolute Gasteiger partial charge is 0.354 e. The Morgan fingerprint density at radius 3 is 2.00 bits per heavy atom. The highest BCUT2D eigenvalue weighted by Crippen LogP contribution is 2.52. The van der Waals surface area contributed by atoms with Gasteiger partial charge in [0, 0.05) is 5.82 Å². The molecule has 0 aromatic carbocycles. The topological polar surface area (TPSA) is 35.5 Å². The summed E-state index contributed by atoms with van der Waals surface area (Å²) in [6, 6.07) is 0. The van der Waals surface area contributed by atoms with Gasteiger partial charge in [0.25, 0.3) is 0 Å². The highest BCUT2D eigenvalue weighted by Gasteiger charge is 2.23. The predicted molar refractivity (Wildman–Crippen MR) is 73.3 cm³/mol. The Bertz CT molecular complexity index is 245. The van der Waals surface area contributed by atoms with Crippen molar-refractivity contribution in [2.24, 2.45) is 0 Å². The van der Waals surface area contributed by atoms with Crippen molar-refractivity contribution in [2.75, 3.05) is 0 Å². The summed E-state index contributed by atoms with van der Waals surface area (Å²) in [5, 5.41) is 0. The second-order valence-corrected chi connectivity index (χ2v) is 6.53. The van der Waals surface area contributed by atoms with Gasteiger partial charge >= 0.3 is 7.60 Å². The van der Waals surface area contributed by atoms with Gasteiger partial charge in [-0.3, -0.25) is 4.57 Å². The lowest BCUT2D eigenvalue weighted by Crippen LogP contribution is -2.06. The summed E-state index contributed by atoms with van der Waals surface area (Å²) < 4.78 is 23.1. The number of rotatable bonds is 9. The normalized spacial score (nSPS) is 13.1. The summed E-state index contributed by atoms with van der Waals surface area (Å²) >= 11 is 0. The average molecular weight is 262 g/mol. The van der Waals surface area contributed by atoms with Crippen LogP contribution in [0, 0.1) is 0 Å². The Morgan fingerprint density at radius 2 is 1.59 bits per heavy atom. The molecule has 0 aromatic heterocycles. The maximum Gasteiger partial charge on any atom is 0.354 e. The fourth-order valence-electron chi connectivity index (χ4n) is 1.40. The summed E-state index contributed by atoms with van der Waals surface area (Å²) in [5.41, 5.74) is 0. The Morgan fingerprint density at radius 1 is 1.06 bits per heavy atom. The first kappa shape index (κ1) is 16.9. The van der Waals surface area contributed by atoms with Crippen LogP contribution >= 0.6 is 7.60 Å². The third-order valence-corrected chi connectivity index (χ3v) is 3.98. The van der Waals surface area contributed by atoms with E-state index in [0.717, 1.165) is 12.8 Å². The average Bonchev–Trinajstić information content (AvgIpc) is 2.14. The summed E-state index contributed by atoms with van der Waals surface area (Å²) in [6.07, 6.45) is 6.17. The SMILES string of the molecule is CCCCC/C=C/P(=O)(OC(C)C)OC(C)C. The van der Waals surface area contributed by atoms with E-state index in [-0.39, 0.29) is 12.2 Å². The number of allylic oxidation sites excluding steroid dienone is 1. The van der Waals surface area contributed by atoms with Crippen LogP contribution in [0.25, 0.3) is 0 Å². The third-order valence-electron chi connectivity index (χ3n) is 1.98. The summed E-state index contributed by atoms with van der Waals surface area (Å²) in [5.74, 6) is 1.61. The van der Waals surface area contributed by atoms with Crippen LogP contribution in [0.15, 0.2) is 11.9 Å². The van der Waals surface area contributed by atoms with Crippen molar-refractivity contribution < 1.29 is 13.6 Å². The quantitative estimate of drug-likeness (QED) is 0.427. The number of unbranched alkanes of at least 4 members (excludes halogenated alkanes) is 3. The molecular formula is C13H27O3P. The Labute approximate surface area is 106 Å². The van der Waals surface area contributed by atoms with E-state index < -0.39 is 7.60 Å². The van der Waals surface area contributed by atoms with Crippen LogP contribution < -0.4 is 0 Å². The third kappa shape index (κ3) is 9.58. The van der Waals surface area contributed by atoms with Crippen LogP contribution in [0.2, 0.25) is 0 Å². The minimum atomic E-state index is -3.06. The van der Waals surface area contributed by atoms with Gasteiger partial charge in [0.2, 0.25) is 0 Å². The molecule has 0 N–H and O–H groups in total. The van der Waals surface area contributed by atoms with Crippen LogP contribution in [-0.2, 0) is 13.6 Å². The molecule has 0 spiro atoms. The van der Waals surface area contributed by atoms with E-state index in [1.54, 1.807) is 5.82 Å². The van der Waals surface area contributed by atoms with Crippen LogP contribution in [-0.4, -0.2) is 12.2 Å². The Balaban J connectivity index is 4.32. The highest BCUT2D eigenvalue weighted by molar-refractivity contribution is 7.57. The van der Waals surface area contributed by atoms with Crippen molar-refractivity contribution >= 4 is 7.60 Å². The molecule has 0 saturated heterocycles. The summed E-state index contributed by atoms with van der Waals surface area (Å²) in [6.45, 7) is 9.61. The molecule has 0 aliphatic heterocycles. The molecule has 102 valence electrons. The molecule has 0 saturated carbocycles. The molecule has 0 aliphatic rings. The van der Waals surface area contributed by atoms with Crippen molar-refractivity contribution in [2.45, 2.75) is 72.5 Å². The smallest absolute Gasteiger partial charge is 0.303 e. The highest BCUT2D eigenvalue weighted by atomic mass is 31.2. The monoisotopic (exact) mass is 262 g/mol. The van der Waals surface area contributed by atoms with Gasteiger partial charge in [-0.2, -0.15) is 0 Å². The van der Waals surface area contributed by atoms with E-state index in [1.165, 1.54) is 12.8 Å². The van der Waals surface area contributed by atoms with Crippen molar-refractivity contribution in [1.29, 1.82) is 0 Å². The number of hydrogen-bond donors (Lipinski definition) is 0. The maximum atomic E-state index is 12.3. The predicted octanol–water partition coefficient (Wildman–Crippen LogP) is 5.12. The Kier molecular flexibility index (Phi) is 8.85. The fraction of sp³-hybridized carbons (Fsp3) is 0.846. The molecule has 4 heteroatoms. The van der Waals surface area contributed by atoms with E-state index in [9.17, 15) is 4.57 Å². The van der Waals surface area contributed by atoms with Gasteiger partial charge in [0.05, 0.1) is 12.2 Å². The molecule has 17 heavy (non-hydrogen) atoms. The van der Waals surface area contributed by atoms with Crippen LogP contribution in [0.4, 0.5) is 0 Å². The first-order chi connectivity index (χ1) is 7.89. The molecule has 0 atom stereocenters. The van der Waals surface area contributed by atoms with Crippen LogP contribution in [0.3, 0.4) is 0 Å². The van der Waals surface area contributed by atoms with Crippen LogP contribution in [0.5, 0.6) is 0 Å². The second kappa shape index (κ2) is 8.91. The van der Waals surface area contributed by atoms with Gasteiger partial charge in [-0.1, -0.05) is 25.8 Å². The summed E-state index contributed by atoms with van der Waals surface area (Å²) in [4.78, 5) is 0. The number of hydrogen-bond acceptors (Lipinski definition) is 3. The standard InChI is InChI=1S/C13H27O3P/c1-6-7-8-9-10-11-17(14,15-12(2)3)16-13(4)5/h10-13H,6-9H2,1-5H3/b11-10+. The molecule has 0 heterocycles. The molecule has 0 bridgehead atoms. The van der Waals surface area contributed by atoms with Crippen LogP contribution in [0.1, 0.15) is 60.3 Å². The second-order valence-electron chi connectivity index (χ2n) is 4.73. The van der Waals surface area contributed by atoms with Crippen molar-refractivity contribution in [3.63, 3.8) is 0 Å². The lowest BCUT2D eigenvalue weighted by Gasteiger charge is -2.19. The summed E-state index contributed by atoms with van der Waals surface area (Å²) in [7, 11) is -3.06. The van der Waals surface area contributed by atoms with E-state index in [4.69, 9.17) is 9.05 Å². The minimum absolute atomic E-state index is 0.0973. The zero-order chi connectivity index (χ0) is 13.3. The zero-order valence-electron chi connectivity index (χ0n) is 11.8.